The van der Waals surface area contributed by atoms with Gasteiger partial charge in [0.25, 0.3) is 13.4 Å². The highest BCUT2D eigenvalue weighted by atomic mass is 16.5. The van der Waals surface area contributed by atoms with Crippen molar-refractivity contribution in [3.8, 4) is 33.8 Å². The maximum atomic E-state index is 7.68. The molecule has 0 radical (unpaired) electrons. The number of para-hydroxylation sites is 5. The summed E-state index contributed by atoms with van der Waals surface area (Å²) in [5.74, 6) is 1.80. The van der Waals surface area contributed by atoms with Crippen LogP contribution in [0.5, 0.6) is 11.5 Å². The Hall–Kier alpha value is -8.47. The molecule has 0 aromatic heterocycles. The highest BCUT2D eigenvalue weighted by Gasteiger charge is 2.48. The van der Waals surface area contributed by atoms with Crippen molar-refractivity contribution in [2.75, 3.05) is 14.7 Å². The Morgan fingerprint density at radius 1 is 0.293 bits per heavy atom. The summed E-state index contributed by atoms with van der Waals surface area (Å²) in [5, 5.41) is 0. The topological polar surface area (TPSA) is 19.0 Å². The Kier molecular flexibility index (Phi) is 10.5. The fourth-order valence-electron chi connectivity index (χ4n) is 15.6. The minimum atomic E-state index is -0.0983. The van der Waals surface area contributed by atoms with Gasteiger partial charge in [-0.2, -0.15) is 0 Å². The molecule has 2 aliphatic carbocycles. The Bertz CT molecular complexity index is 4300. The minimum Gasteiger partial charge on any atom is -0.458 e. The van der Waals surface area contributed by atoms with Crippen LogP contribution >= 0.6 is 0 Å². The van der Waals surface area contributed by atoms with E-state index >= 15 is 0 Å². The van der Waals surface area contributed by atoms with E-state index in [4.69, 9.17) is 4.74 Å². The second kappa shape index (κ2) is 17.5. The summed E-state index contributed by atoms with van der Waals surface area (Å²) in [4.78, 5) is 7.58. The van der Waals surface area contributed by atoms with Crippen LogP contribution in [0.4, 0.5) is 51.2 Å². The Morgan fingerprint density at radius 2 is 0.683 bits per heavy atom. The SMILES string of the molecule is CC1(C)CCC(C)(C)c2cc(-c3cc4c5c(c3)N(c3ccccc3)c3ccccc3B5c3cc5c(cc3O4)N(c3ccccc3)c3cc(-c4ccc6c(c4)C(C)(C)CCC6(C)C)cc4c3B5c3ccccc3N4c3ccccc3)ccc21. The molecular formula is C76H67B2N3O. The Balaban J connectivity index is 0.959. The molecule has 4 heterocycles. The smallest absolute Gasteiger partial charge is 0.256 e. The van der Waals surface area contributed by atoms with Gasteiger partial charge in [0.2, 0.25) is 0 Å². The molecule has 0 saturated carbocycles. The van der Waals surface area contributed by atoms with Gasteiger partial charge in [0.15, 0.2) is 0 Å². The van der Waals surface area contributed by atoms with Crippen LogP contribution in [0, 0.1) is 0 Å². The molecule has 6 aliphatic rings. The third kappa shape index (κ3) is 7.25. The first-order valence-corrected chi connectivity index (χ1v) is 29.9. The maximum absolute atomic E-state index is 7.68. The average Bonchev–Trinajstić information content (AvgIpc) is 3.60. The normalized spacial score (nSPS) is 17.4. The number of nitrogens with zero attached hydrogens (tertiary/aromatic N) is 3. The number of rotatable bonds is 5. The molecule has 0 spiro atoms. The second-order valence-corrected chi connectivity index (χ2v) is 26.9. The van der Waals surface area contributed by atoms with Crippen molar-refractivity contribution < 1.29 is 4.74 Å². The summed E-state index contributed by atoms with van der Waals surface area (Å²) in [6.45, 7) is 19.3. The van der Waals surface area contributed by atoms with Gasteiger partial charge < -0.3 is 19.4 Å². The number of hydrogen-bond acceptors (Lipinski definition) is 4. The molecule has 16 rings (SSSR count). The number of anilines is 9. The summed E-state index contributed by atoms with van der Waals surface area (Å²) in [7, 11) is 0. The summed E-state index contributed by atoms with van der Waals surface area (Å²) >= 11 is 0. The van der Waals surface area contributed by atoms with E-state index in [1.807, 2.05) is 0 Å². The summed E-state index contributed by atoms with van der Waals surface area (Å²) in [5.41, 5.74) is 29.0. The van der Waals surface area contributed by atoms with E-state index in [9.17, 15) is 0 Å². The van der Waals surface area contributed by atoms with Gasteiger partial charge in [-0.3, -0.25) is 0 Å². The van der Waals surface area contributed by atoms with Gasteiger partial charge in [-0.15, -0.1) is 0 Å². The van der Waals surface area contributed by atoms with Crippen molar-refractivity contribution in [3.63, 3.8) is 0 Å². The maximum Gasteiger partial charge on any atom is 0.256 e. The van der Waals surface area contributed by atoms with E-state index in [-0.39, 0.29) is 35.1 Å². The summed E-state index contributed by atoms with van der Waals surface area (Å²) in [6.07, 6.45) is 4.68. The highest BCUT2D eigenvalue weighted by Crippen LogP contribution is 2.52. The fraction of sp³-hybridized carbons (Fsp3) is 0.211. The van der Waals surface area contributed by atoms with Crippen molar-refractivity contribution >= 4 is 97.4 Å². The van der Waals surface area contributed by atoms with Gasteiger partial charge in [-0.05, 0) is 197 Å². The molecule has 10 aromatic carbocycles. The molecule has 398 valence electrons. The number of hydrogen-bond donors (Lipinski definition) is 0. The molecule has 0 fully saturated rings. The predicted molar refractivity (Wildman–Crippen MR) is 348 cm³/mol. The summed E-state index contributed by atoms with van der Waals surface area (Å²) in [6, 6.07) is 80.8. The van der Waals surface area contributed by atoms with E-state index in [2.05, 4.69) is 282 Å². The first-order chi connectivity index (χ1) is 39.6. The molecule has 0 amide bonds. The van der Waals surface area contributed by atoms with Crippen molar-refractivity contribution in [2.45, 2.75) is 103 Å². The van der Waals surface area contributed by atoms with Gasteiger partial charge in [-0.25, -0.2) is 0 Å². The molecule has 82 heavy (non-hydrogen) atoms. The molecule has 4 nitrogen and oxygen atoms in total. The summed E-state index contributed by atoms with van der Waals surface area (Å²) < 4.78 is 7.68. The minimum absolute atomic E-state index is 0.0606. The van der Waals surface area contributed by atoms with Gasteiger partial charge >= 0.3 is 0 Å². The third-order valence-corrected chi connectivity index (χ3v) is 20.2. The van der Waals surface area contributed by atoms with Gasteiger partial charge in [0.1, 0.15) is 11.5 Å². The monoisotopic (exact) mass is 1060 g/mol. The zero-order chi connectivity index (χ0) is 55.6. The Morgan fingerprint density at radius 3 is 1.16 bits per heavy atom. The van der Waals surface area contributed by atoms with Crippen molar-refractivity contribution in [1.82, 2.24) is 0 Å². The van der Waals surface area contributed by atoms with E-state index in [1.165, 1.54) is 107 Å². The first kappa shape index (κ1) is 49.4. The fourth-order valence-corrected chi connectivity index (χ4v) is 15.6. The van der Waals surface area contributed by atoms with Crippen molar-refractivity contribution in [2.24, 2.45) is 0 Å². The lowest BCUT2D eigenvalue weighted by Crippen LogP contribution is -2.64. The van der Waals surface area contributed by atoms with Crippen LogP contribution in [0.15, 0.2) is 212 Å². The molecule has 0 bridgehead atoms. The van der Waals surface area contributed by atoms with Crippen LogP contribution in [0.3, 0.4) is 0 Å². The quantitative estimate of drug-likeness (QED) is 0.160. The predicted octanol–water partition coefficient (Wildman–Crippen LogP) is 16.2. The highest BCUT2D eigenvalue weighted by molar-refractivity contribution is 7.02. The van der Waals surface area contributed by atoms with Gasteiger partial charge in [0.05, 0.1) is 0 Å². The molecule has 0 saturated heterocycles. The molecule has 0 atom stereocenters. The lowest BCUT2D eigenvalue weighted by Gasteiger charge is -2.45. The molecule has 10 aromatic rings. The van der Waals surface area contributed by atoms with Crippen molar-refractivity contribution in [1.29, 1.82) is 0 Å². The van der Waals surface area contributed by atoms with E-state index < -0.39 is 0 Å². The van der Waals surface area contributed by atoms with Crippen LogP contribution in [-0.4, -0.2) is 13.4 Å². The Labute approximate surface area is 485 Å². The van der Waals surface area contributed by atoms with E-state index in [1.54, 1.807) is 0 Å². The van der Waals surface area contributed by atoms with Crippen LogP contribution in [0.1, 0.15) is 103 Å². The molecule has 0 unspecified atom stereocenters. The zero-order valence-electron chi connectivity index (χ0n) is 48.4. The molecular weight excluding hydrogens is 992 g/mol. The second-order valence-electron chi connectivity index (χ2n) is 26.9. The average molecular weight is 1060 g/mol. The van der Waals surface area contributed by atoms with Gasteiger partial charge in [-0.1, -0.05) is 189 Å². The standard InChI is InChI=1S/C76H67B2N3O/c1-73(2)36-38-75(5,6)57-40-48(32-34-55(57)73)50-42-66-71-67(43-50)81(54-26-16-11-17-27-54)65-47-69-62(46-61(65)77(71)59-28-18-20-30-63(59)79(66)52-22-12-9-13-23-52)78-60-29-19-21-31-64(60)80(53-24-14-10-15-25-53)68-44-51(45-70(82-69)72(68)78)49-33-35-56-58(41-49)76(7,8)39-37-74(56,3)4/h9-35,40-47H,36-39H2,1-8H3. The number of fused-ring (bicyclic) bond motifs is 10. The molecule has 0 N–H and O–H groups in total. The van der Waals surface area contributed by atoms with E-state index in [0.29, 0.717) is 0 Å². The largest absolute Gasteiger partial charge is 0.458 e. The number of ether oxygens (including phenoxy) is 1. The van der Waals surface area contributed by atoms with Crippen LogP contribution in [-0.2, 0) is 21.7 Å². The molecule has 6 heteroatoms. The van der Waals surface area contributed by atoms with E-state index in [0.717, 1.165) is 58.3 Å². The lowest BCUT2D eigenvalue weighted by molar-refractivity contribution is 0.332. The lowest BCUT2D eigenvalue weighted by atomic mass is 9.30. The third-order valence-electron chi connectivity index (χ3n) is 20.2. The van der Waals surface area contributed by atoms with Crippen molar-refractivity contribution in [3.05, 3.63) is 235 Å². The molecule has 4 aliphatic heterocycles. The zero-order valence-corrected chi connectivity index (χ0v) is 48.4. The first-order valence-electron chi connectivity index (χ1n) is 29.9. The van der Waals surface area contributed by atoms with Crippen LogP contribution in [0.2, 0.25) is 0 Å². The van der Waals surface area contributed by atoms with Gasteiger partial charge in [0, 0.05) is 57.3 Å². The van der Waals surface area contributed by atoms with Crippen LogP contribution < -0.4 is 52.2 Å². The number of benzene rings is 10. The van der Waals surface area contributed by atoms with Crippen LogP contribution in [0.25, 0.3) is 22.3 Å².